The molecule has 162 valence electrons. The molecule has 0 spiro atoms. The summed E-state index contributed by atoms with van der Waals surface area (Å²) in [6, 6.07) is 13.3. The predicted octanol–water partition coefficient (Wildman–Crippen LogP) is 5.07. The fraction of sp³-hybridized carbons (Fsp3) is 0.375. The first-order valence-corrected chi connectivity index (χ1v) is 10.8. The second-order valence-electron chi connectivity index (χ2n) is 7.77. The van der Waals surface area contributed by atoms with Gasteiger partial charge in [-0.05, 0) is 67.8 Å². The van der Waals surface area contributed by atoms with Crippen LogP contribution < -0.4 is 4.74 Å². The number of hydrogen-bond donors (Lipinski definition) is 0. The van der Waals surface area contributed by atoms with Crippen molar-refractivity contribution in [3.8, 4) is 17.2 Å². The van der Waals surface area contributed by atoms with E-state index in [0.717, 1.165) is 31.4 Å². The minimum atomic E-state index is -0.314. The summed E-state index contributed by atoms with van der Waals surface area (Å²) in [6.45, 7) is 4.03. The van der Waals surface area contributed by atoms with Gasteiger partial charge in [-0.2, -0.15) is 0 Å². The molecule has 1 atom stereocenters. The highest BCUT2D eigenvalue weighted by molar-refractivity contribution is 5.94. The maximum atomic E-state index is 13.1. The molecule has 4 rings (SSSR count). The largest absolute Gasteiger partial charge is 0.494 e. The monoisotopic (exact) mass is 423 g/mol. The van der Waals surface area contributed by atoms with Crippen LogP contribution in [0.1, 0.15) is 54.8 Å². The molecule has 0 N–H and O–H groups in total. The molecule has 1 aromatic heterocycles. The van der Waals surface area contributed by atoms with Crippen LogP contribution in [-0.2, 0) is 0 Å². The first-order chi connectivity index (χ1) is 15.1. The quantitative estimate of drug-likeness (QED) is 0.496. The van der Waals surface area contributed by atoms with Gasteiger partial charge in [-0.15, -0.1) is 10.2 Å². The highest BCUT2D eigenvalue weighted by atomic mass is 19.1. The molecule has 1 amide bonds. The summed E-state index contributed by atoms with van der Waals surface area (Å²) in [4.78, 5) is 14.8. The van der Waals surface area contributed by atoms with Crippen molar-refractivity contribution in [1.82, 2.24) is 15.1 Å². The van der Waals surface area contributed by atoms with Crippen molar-refractivity contribution in [2.24, 2.45) is 0 Å². The molecule has 0 aliphatic carbocycles. The zero-order chi connectivity index (χ0) is 21.6. The van der Waals surface area contributed by atoms with Crippen LogP contribution in [0.4, 0.5) is 4.39 Å². The number of piperidine rings is 1. The summed E-state index contributed by atoms with van der Waals surface area (Å²) in [7, 11) is 0. The summed E-state index contributed by atoms with van der Waals surface area (Å²) in [6.07, 6.45) is 3.83. The second kappa shape index (κ2) is 9.73. The number of unbranched alkanes of at least 4 members (excludes halogenated alkanes) is 1. The van der Waals surface area contributed by atoms with Crippen molar-refractivity contribution in [2.75, 3.05) is 19.7 Å². The number of rotatable bonds is 7. The smallest absolute Gasteiger partial charge is 0.253 e. The van der Waals surface area contributed by atoms with E-state index in [2.05, 4.69) is 17.1 Å². The molecular weight excluding hydrogens is 397 g/mol. The number of halogens is 1. The molecule has 1 aliphatic heterocycles. The Labute approximate surface area is 181 Å². The maximum Gasteiger partial charge on any atom is 0.253 e. The highest BCUT2D eigenvalue weighted by Crippen LogP contribution is 2.29. The van der Waals surface area contributed by atoms with Crippen LogP contribution in [0.25, 0.3) is 11.5 Å². The van der Waals surface area contributed by atoms with E-state index < -0.39 is 0 Å². The van der Waals surface area contributed by atoms with E-state index in [0.29, 0.717) is 42.6 Å². The number of aromatic nitrogens is 2. The van der Waals surface area contributed by atoms with Crippen molar-refractivity contribution in [3.05, 3.63) is 65.8 Å². The molecule has 2 heterocycles. The lowest BCUT2D eigenvalue weighted by molar-refractivity contribution is 0.0698. The van der Waals surface area contributed by atoms with Crippen LogP contribution >= 0.6 is 0 Å². The first-order valence-electron chi connectivity index (χ1n) is 10.8. The molecule has 6 nitrogen and oxygen atoms in total. The Balaban J connectivity index is 1.40. The molecule has 7 heteroatoms. The van der Waals surface area contributed by atoms with Gasteiger partial charge in [-0.25, -0.2) is 4.39 Å². The molecule has 3 aromatic rings. The van der Waals surface area contributed by atoms with Gasteiger partial charge in [-0.3, -0.25) is 4.79 Å². The Morgan fingerprint density at radius 2 is 1.94 bits per heavy atom. The molecular formula is C24H26FN3O3. The molecule has 0 bridgehead atoms. The minimum Gasteiger partial charge on any atom is -0.494 e. The number of carbonyl (C=O) groups excluding carboxylic acids is 1. The average Bonchev–Trinajstić information content (AvgIpc) is 3.30. The number of hydrogen-bond acceptors (Lipinski definition) is 5. The summed E-state index contributed by atoms with van der Waals surface area (Å²) >= 11 is 0. The van der Waals surface area contributed by atoms with E-state index in [1.165, 1.54) is 12.1 Å². The number of ether oxygens (including phenoxy) is 1. The van der Waals surface area contributed by atoms with Crippen molar-refractivity contribution in [2.45, 2.75) is 38.5 Å². The van der Waals surface area contributed by atoms with Gasteiger partial charge in [0.05, 0.1) is 12.5 Å². The lowest BCUT2D eigenvalue weighted by Crippen LogP contribution is -2.39. The van der Waals surface area contributed by atoms with Gasteiger partial charge in [0.2, 0.25) is 11.8 Å². The van der Waals surface area contributed by atoms with E-state index in [4.69, 9.17) is 9.15 Å². The topological polar surface area (TPSA) is 68.5 Å². The van der Waals surface area contributed by atoms with E-state index in [1.54, 1.807) is 12.1 Å². The van der Waals surface area contributed by atoms with Gasteiger partial charge < -0.3 is 14.1 Å². The van der Waals surface area contributed by atoms with Crippen LogP contribution in [0.2, 0.25) is 0 Å². The predicted molar refractivity (Wildman–Crippen MR) is 114 cm³/mol. The molecule has 1 aliphatic rings. The van der Waals surface area contributed by atoms with E-state index in [9.17, 15) is 9.18 Å². The molecule has 31 heavy (non-hydrogen) atoms. The highest BCUT2D eigenvalue weighted by Gasteiger charge is 2.29. The van der Waals surface area contributed by atoms with Crippen LogP contribution in [0, 0.1) is 5.82 Å². The van der Waals surface area contributed by atoms with Gasteiger partial charge in [0, 0.05) is 24.2 Å². The molecule has 1 saturated heterocycles. The van der Waals surface area contributed by atoms with Crippen LogP contribution in [0.15, 0.2) is 52.9 Å². The summed E-state index contributed by atoms with van der Waals surface area (Å²) < 4.78 is 24.7. The summed E-state index contributed by atoms with van der Waals surface area (Å²) in [5.41, 5.74) is 1.31. The number of amides is 1. The zero-order valence-corrected chi connectivity index (χ0v) is 17.6. The number of benzene rings is 2. The lowest BCUT2D eigenvalue weighted by Gasteiger charge is -2.31. The summed E-state index contributed by atoms with van der Waals surface area (Å²) in [5.74, 6) is 1.30. The van der Waals surface area contributed by atoms with E-state index >= 15 is 0 Å². The standard InChI is InChI=1S/C24H26FN3O3/c1-2-3-15-30-21-12-8-18(9-13-21)24(29)28-14-4-5-19(16-28)23-27-26-22(31-23)17-6-10-20(25)11-7-17/h6-13,19H,2-5,14-16H2,1H3. The van der Waals surface area contributed by atoms with Crippen LogP contribution in [0.5, 0.6) is 5.75 Å². The zero-order valence-electron chi connectivity index (χ0n) is 17.6. The molecule has 0 radical (unpaired) electrons. The third-order valence-electron chi connectivity index (χ3n) is 5.46. The van der Waals surface area contributed by atoms with Gasteiger partial charge in [0.1, 0.15) is 11.6 Å². The van der Waals surface area contributed by atoms with Crippen molar-refractivity contribution >= 4 is 5.91 Å². The van der Waals surface area contributed by atoms with Crippen molar-refractivity contribution in [1.29, 1.82) is 0 Å². The summed E-state index contributed by atoms with van der Waals surface area (Å²) in [5, 5.41) is 8.29. The fourth-order valence-electron chi connectivity index (χ4n) is 3.68. The van der Waals surface area contributed by atoms with Gasteiger partial charge in [0.15, 0.2) is 0 Å². The normalized spacial score (nSPS) is 16.3. The van der Waals surface area contributed by atoms with E-state index in [1.807, 2.05) is 29.2 Å². The van der Waals surface area contributed by atoms with Crippen LogP contribution in [0.3, 0.4) is 0 Å². The first kappa shape index (κ1) is 21.0. The molecule has 1 unspecified atom stereocenters. The second-order valence-corrected chi connectivity index (χ2v) is 7.77. The maximum absolute atomic E-state index is 13.1. The Morgan fingerprint density at radius 3 is 2.68 bits per heavy atom. The van der Waals surface area contributed by atoms with E-state index in [-0.39, 0.29) is 17.6 Å². The van der Waals surface area contributed by atoms with Gasteiger partial charge >= 0.3 is 0 Å². The Hall–Kier alpha value is -3.22. The Morgan fingerprint density at radius 1 is 1.16 bits per heavy atom. The van der Waals surface area contributed by atoms with Crippen LogP contribution in [-0.4, -0.2) is 40.7 Å². The van der Waals surface area contributed by atoms with Gasteiger partial charge in [-0.1, -0.05) is 13.3 Å². The molecule has 1 fully saturated rings. The van der Waals surface area contributed by atoms with Gasteiger partial charge in [0.25, 0.3) is 5.91 Å². The minimum absolute atomic E-state index is 0.0110. The molecule has 0 saturated carbocycles. The fourth-order valence-corrected chi connectivity index (χ4v) is 3.68. The third-order valence-corrected chi connectivity index (χ3v) is 5.46. The SMILES string of the molecule is CCCCOc1ccc(C(=O)N2CCCC(c3nnc(-c4ccc(F)cc4)o3)C2)cc1. The average molecular weight is 423 g/mol. The lowest BCUT2D eigenvalue weighted by atomic mass is 9.97. The third kappa shape index (κ3) is 5.10. The molecule has 2 aromatic carbocycles. The number of carbonyl (C=O) groups is 1. The Kier molecular flexibility index (Phi) is 6.60. The van der Waals surface area contributed by atoms with Crippen molar-refractivity contribution < 1.29 is 18.3 Å². The number of nitrogens with zero attached hydrogens (tertiary/aromatic N) is 3. The number of likely N-dealkylation sites (tertiary alicyclic amines) is 1. The van der Waals surface area contributed by atoms with Crippen molar-refractivity contribution in [3.63, 3.8) is 0 Å². The Bertz CT molecular complexity index is 1000.